The average Bonchev–Trinajstić information content (AvgIpc) is 2.68. The Bertz CT molecular complexity index is 923. The molecule has 0 aromatic heterocycles. The zero-order valence-corrected chi connectivity index (χ0v) is 15.6. The number of carbonyl (C=O) groups excluding carboxylic acids is 2. The molecule has 2 aliphatic carbocycles. The molecule has 3 N–H and O–H groups in total. The van der Waals surface area contributed by atoms with Gasteiger partial charge in [-0.15, -0.1) is 0 Å². The van der Waals surface area contributed by atoms with Crippen LogP contribution in [0.2, 0.25) is 0 Å². The van der Waals surface area contributed by atoms with Gasteiger partial charge in [-0.05, 0) is 61.3 Å². The number of ketones is 2. The van der Waals surface area contributed by atoms with Crippen LogP contribution in [0.25, 0.3) is 0 Å². The lowest BCUT2D eigenvalue weighted by Crippen LogP contribution is -2.23. The summed E-state index contributed by atoms with van der Waals surface area (Å²) in [5.74, 6) is 0.465. The minimum Gasteiger partial charge on any atom is -0.507 e. The van der Waals surface area contributed by atoms with Crippen LogP contribution in [0.1, 0.15) is 88.8 Å². The van der Waals surface area contributed by atoms with Crippen molar-refractivity contribution in [1.29, 1.82) is 0 Å². The van der Waals surface area contributed by atoms with Crippen molar-refractivity contribution in [1.82, 2.24) is 0 Å². The van der Waals surface area contributed by atoms with Gasteiger partial charge in [-0.1, -0.05) is 31.9 Å². The van der Waals surface area contributed by atoms with Crippen molar-refractivity contribution in [3.05, 3.63) is 58.1 Å². The Kier molecular flexibility index (Phi) is 4.50. The molecule has 0 amide bonds. The van der Waals surface area contributed by atoms with Crippen LogP contribution in [0.4, 0.5) is 5.69 Å². The molecule has 0 saturated heterocycles. The summed E-state index contributed by atoms with van der Waals surface area (Å²) in [6.07, 6.45) is 7.23. The number of nitrogens with two attached hydrogens (primary N) is 1. The van der Waals surface area contributed by atoms with Gasteiger partial charge >= 0.3 is 0 Å². The Morgan fingerprint density at radius 3 is 2.37 bits per heavy atom. The fraction of sp³-hybridized carbons (Fsp3) is 0.391. The van der Waals surface area contributed by atoms with Gasteiger partial charge in [0.1, 0.15) is 5.75 Å². The lowest BCUT2D eigenvalue weighted by atomic mass is 9.75. The number of benzene rings is 2. The van der Waals surface area contributed by atoms with E-state index in [-0.39, 0.29) is 34.1 Å². The number of anilines is 1. The summed E-state index contributed by atoms with van der Waals surface area (Å²) in [4.78, 5) is 25.9. The van der Waals surface area contributed by atoms with Crippen molar-refractivity contribution >= 4 is 17.3 Å². The van der Waals surface area contributed by atoms with Crippen LogP contribution in [0.5, 0.6) is 5.75 Å². The monoisotopic (exact) mass is 363 g/mol. The summed E-state index contributed by atoms with van der Waals surface area (Å²) in [6, 6.07) is 8.46. The second-order valence-corrected chi connectivity index (χ2v) is 7.89. The lowest BCUT2D eigenvalue weighted by molar-refractivity contribution is 0.0977. The van der Waals surface area contributed by atoms with E-state index in [9.17, 15) is 14.7 Å². The SMILES string of the molecule is CCCC1CCC(c2ccc3c(c2)C(=O)c2c(O)ccc(N)c2C3=O)CC1. The fourth-order valence-corrected chi connectivity index (χ4v) is 4.75. The lowest BCUT2D eigenvalue weighted by Gasteiger charge is -2.29. The molecule has 0 bridgehead atoms. The van der Waals surface area contributed by atoms with Crippen LogP contribution in [-0.4, -0.2) is 16.7 Å². The van der Waals surface area contributed by atoms with Gasteiger partial charge in [0, 0.05) is 16.8 Å². The van der Waals surface area contributed by atoms with Crippen LogP contribution >= 0.6 is 0 Å². The van der Waals surface area contributed by atoms with Crippen LogP contribution in [-0.2, 0) is 0 Å². The maximum Gasteiger partial charge on any atom is 0.198 e. The van der Waals surface area contributed by atoms with Gasteiger partial charge in [0.2, 0.25) is 0 Å². The van der Waals surface area contributed by atoms with Crippen molar-refractivity contribution in [2.75, 3.05) is 5.73 Å². The highest BCUT2D eigenvalue weighted by atomic mass is 16.3. The number of rotatable bonds is 3. The molecule has 1 saturated carbocycles. The maximum atomic E-state index is 13.0. The fourth-order valence-electron chi connectivity index (χ4n) is 4.75. The summed E-state index contributed by atoms with van der Waals surface area (Å²) < 4.78 is 0. The number of hydrogen-bond acceptors (Lipinski definition) is 4. The molecule has 2 aliphatic rings. The highest BCUT2D eigenvalue weighted by Gasteiger charge is 2.34. The molecule has 0 heterocycles. The number of fused-ring (bicyclic) bond motifs is 2. The predicted molar refractivity (Wildman–Crippen MR) is 105 cm³/mol. The quantitative estimate of drug-likeness (QED) is 0.516. The first-order chi connectivity index (χ1) is 13.0. The van der Waals surface area contributed by atoms with Gasteiger partial charge in [-0.2, -0.15) is 0 Å². The van der Waals surface area contributed by atoms with E-state index in [0.29, 0.717) is 17.0 Å². The van der Waals surface area contributed by atoms with Gasteiger partial charge in [0.05, 0.1) is 11.1 Å². The van der Waals surface area contributed by atoms with Crippen LogP contribution in [0, 0.1) is 5.92 Å². The molecular formula is C23H25NO3. The highest BCUT2D eigenvalue weighted by Crippen LogP contribution is 2.40. The minimum atomic E-state index is -0.314. The minimum absolute atomic E-state index is 0.0382. The van der Waals surface area contributed by atoms with E-state index in [0.717, 1.165) is 24.3 Å². The Labute approximate surface area is 159 Å². The zero-order chi connectivity index (χ0) is 19.1. The molecule has 140 valence electrons. The number of hydrogen-bond donors (Lipinski definition) is 2. The molecule has 4 nitrogen and oxygen atoms in total. The molecule has 0 spiro atoms. The first kappa shape index (κ1) is 17.8. The summed E-state index contributed by atoms with van der Waals surface area (Å²) in [5, 5.41) is 10.2. The molecule has 0 aliphatic heterocycles. The molecule has 2 aromatic carbocycles. The van der Waals surface area contributed by atoms with Crippen molar-refractivity contribution in [2.45, 2.75) is 51.4 Å². The van der Waals surface area contributed by atoms with Gasteiger partial charge in [0.15, 0.2) is 11.6 Å². The standard InChI is InChI=1S/C23H25NO3/c1-2-3-13-4-6-14(7-5-13)15-8-9-16-17(12-15)23(27)21-19(25)11-10-18(24)20(21)22(16)26/h8-14,25H,2-7,24H2,1H3. The zero-order valence-electron chi connectivity index (χ0n) is 15.6. The third kappa shape index (κ3) is 2.93. The van der Waals surface area contributed by atoms with Crippen LogP contribution in [0.15, 0.2) is 30.3 Å². The largest absolute Gasteiger partial charge is 0.507 e. The van der Waals surface area contributed by atoms with Crippen LogP contribution in [0.3, 0.4) is 0 Å². The van der Waals surface area contributed by atoms with Crippen LogP contribution < -0.4 is 5.73 Å². The van der Waals surface area contributed by atoms with Crippen molar-refractivity contribution < 1.29 is 14.7 Å². The Hall–Kier alpha value is -2.62. The van der Waals surface area contributed by atoms with E-state index in [1.54, 1.807) is 6.07 Å². The topological polar surface area (TPSA) is 80.4 Å². The second-order valence-electron chi connectivity index (χ2n) is 7.89. The summed E-state index contributed by atoms with van der Waals surface area (Å²) in [7, 11) is 0. The third-order valence-corrected chi connectivity index (χ3v) is 6.22. The van der Waals surface area contributed by atoms with Gasteiger partial charge in [0.25, 0.3) is 0 Å². The van der Waals surface area contributed by atoms with Gasteiger partial charge in [-0.25, -0.2) is 0 Å². The Balaban J connectivity index is 1.68. The molecule has 2 aromatic rings. The van der Waals surface area contributed by atoms with Gasteiger partial charge < -0.3 is 10.8 Å². The summed E-state index contributed by atoms with van der Waals surface area (Å²) >= 11 is 0. The summed E-state index contributed by atoms with van der Waals surface area (Å²) in [6.45, 7) is 2.23. The molecule has 0 radical (unpaired) electrons. The van der Waals surface area contributed by atoms with E-state index in [4.69, 9.17) is 5.73 Å². The van der Waals surface area contributed by atoms with Crippen molar-refractivity contribution in [3.8, 4) is 5.75 Å². The molecule has 1 fully saturated rings. The molecule has 4 rings (SSSR count). The van der Waals surface area contributed by atoms with E-state index < -0.39 is 0 Å². The molecular weight excluding hydrogens is 338 g/mol. The number of phenolic OH excluding ortho intramolecular Hbond substituents is 1. The van der Waals surface area contributed by atoms with E-state index in [1.807, 2.05) is 12.1 Å². The number of carbonyl (C=O) groups is 2. The number of aromatic hydroxyl groups is 1. The predicted octanol–water partition coefficient (Wildman–Crippen LogP) is 4.82. The van der Waals surface area contributed by atoms with E-state index >= 15 is 0 Å². The smallest absolute Gasteiger partial charge is 0.198 e. The maximum absolute atomic E-state index is 13.0. The Morgan fingerprint density at radius 2 is 1.67 bits per heavy atom. The van der Waals surface area contributed by atoms with Gasteiger partial charge in [-0.3, -0.25) is 9.59 Å². The second kappa shape index (κ2) is 6.84. The van der Waals surface area contributed by atoms with Crippen molar-refractivity contribution in [2.24, 2.45) is 5.92 Å². The highest BCUT2D eigenvalue weighted by molar-refractivity contribution is 6.31. The first-order valence-corrected chi connectivity index (χ1v) is 9.86. The third-order valence-electron chi connectivity index (χ3n) is 6.22. The first-order valence-electron chi connectivity index (χ1n) is 9.86. The van der Waals surface area contributed by atoms with E-state index in [1.165, 1.54) is 37.8 Å². The molecule has 0 unspecified atom stereocenters. The normalized spacial score (nSPS) is 21.7. The molecule has 27 heavy (non-hydrogen) atoms. The molecule has 0 atom stereocenters. The van der Waals surface area contributed by atoms with Crippen molar-refractivity contribution in [3.63, 3.8) is 0 Å². The number of nitrogen functional groups attached to an aromatic ring is 1. The average molecular weight is 363 g/mol. The Morgan fingerprint density at radius 1 is 0.963 bits per heavy atom. The number of phenols is 1. The van der Waals surface area contributed by atoms with E-state index in [2.05, 4.69) is 6.92 Å². The summed E-state index contributed by atoms with van der Waals surface area (Å²) in [5.41, 5.74) is 8.21. The molecule has 4 heteroatoms.